The van der Waals surface area contributed by atoms with E-state index in [1.165, 1.54) is 0 Å². The molecule has 0 saturated heterocycles. The van der Waals surface area contributed by atoms with Crippen LogP contribution in [0.4, 0.5) is 30.7 Å². The van der Waals surface area contributed by atoms with Crippen LogP contribution in [0.1, 0.15) is 75.5 Å². The molecular weight excluding hydrogens is 557 g/mol. The van der Waals surface area contributed by atoms with E-state index in [0.717, 1.165) is 50.2 Å². The van der Waals surface area contributed by atoms with Crippen molar-refractivity contribution in [3.05, 3.63) is 80.8 Å². The summed E-state index contributed by atoms with van der Waals surface area (Å²) in [4.78, 5) is 29.4. The van der Waals surface area contributed by atoms with Crippen molar-refractivity contribution in [2.45, 2.75) is 32.9 Å². The lowest BCUT2D eigenvalue weighted by molar-refractivity contribution is -0.137. The summed E-state index contributed by atoms with van der Waals surface area (Å²) in [5.41, 5.74) is -3.48. The highest BCUT2D eigenvalue weighted by atomic mass is 35.5. The van der Waals surface area contributed by atoms with Gasteiger partial charge in [-0.1, -0.05) is 23.7 Å². The molecule has 39 heavy (non-hydrogen) atoms. The molecule has 0 unspecified atom stereocenters. The predicted octanol–water partition coefficient (Wildman–Crippen LogP) is 7.53. The van der Waals surface area contributed by atoms with Crippen molar-refractivity contribution in [3.8, 4) is 23.4 Å². The first-order chi connectivity index (χ1) is 18.1. The van der Waals surface area contributed by atoms with Crippen LogP contribution >= 0.6 is 11.6 Å². The van der Waals surface area contributed by atoms with Crippen LogP contribution in [0, 0.1) is 22.7 Å². The minimum absolute atomic E-state index is 0.0663. The van der Waals surface area contributed by atoms with Gasteiger partial charge in [0.05, 0.1) is 22.4 Å². The van der Waals surface area contributed by atoms with Gasteiger partial charge in [0.1, 0.15) is 28.7 Å². The lowest BCUT2D eigenvalue weighted by Gasteiger charge is -2.12. The van der Waals surface area contributed by atoms with Crippen LogP contribution in [0.15, 0.2) is 36.4 Å². The molecule has 0 bridgehead atoms. The van der Waals surface area contributed by atoms with Crippen molar-refractivity contribution in [1.29, 1.82) is 10.5 Å². The molecule has 1 aromatic carbocycles. The standard InChI is InChI=1S/C16H9F5N2O.C9H5ClF2N2O/c1-8(24)12-6-10(7-22)13(23-14(12)15(17)18)9-2-4-11(5-3-9)16(19,20)21;1-4(15)6-2-5(3-13)8(10)14-7(6)9(11)12/h2-6,15H,1H3;2,9H,1H3. The van der Waals surface area contributed by atoms with Gasteiger partial charge < -0.3 is 0 Å². The van der Waals surface area contributed by atoms with Crippen LogP contribution in [0.5, 0.6) is 0 Å². The fourth-order valence-corrected chi connectivity index (χ4v) is 3.32. The number of nitrogens with zero attached hydrogens (tertiary/aromatic N) is 4. The van der Waals surface area contributed by atoms with Gasteiger partial charge >= 0.3 is 6.18 Å². The summed E-state index contributed by atoms with van der Waals surface area (Å²) >= 11 is 5.47. The van der Waals surface area contributed by atoms with Crippen LogP contribution in [-0.4, -0.2) is 21.5 Å². The number of alkyl halides is 7. The number of halogens is 8. The molecular formula is C25H14ClF7N4O2. The van der Waals surface area contributed by atoms with Crippen molar-refractivity contribution in [1.82, 2.24) is 9.97 Å². The van der Waals surface area contributed by atoms with Crippen molar-refractivity contribution in [2.75, 3.05) is 0 Å². The van der Waals surface area contributed by atoms with Crippen LogP contribution in [0.25, 0.3) is 11.3 Å². The molecule has 0 spiro atoms. The minimum atomic E-state index is -4.55. The Kier molecular flexibility index (Phi) is 9.86. The normalized spacial score (nSPS) is 10.9. The number of pyridine rings is 2. The lowest BCUT2D eigenvalue weighted by atomic mass is 10.00. The Morgan fingerprint density at radius 1 is 0.821 bits per heavy atom. The van der Waals surface area contributed by atoms with Crippen LogP contribution < -0.4 is 0 Å². The first kappa shape index (κ1) is 30.9. The van der Waals surface area contributed by atoms with E-state index in [1.54, 1.807) is 12.1 Å². The van der Waals surface area contributed by atoms with E-state index in [1.807, 2.05) is 0 Å². The third-order valence-electron chi connectivity index (χ3n) is 4.96. The van der Waals surface area contributed by atoms with E-state index in [2.05, 4.69) is 9.97 Å². The first-order valence-electron chi connectivity index (χ1n) is 10.4. The largest absolute Gasteiger partial charge is 0.416 e. The second kappa shape index (κ2) is 12.5. The molecule has 0 N–H and O–H groups in total. The summed E-state index contributed by atoms with van der Waals surface area (Å²) in [5.74, 6) is -1.26. The Morgan fingerprint density at radius 2 is 1.26 bits per heavy atom. The zero-order valence-corrected chi connectivity index (χ0v) is 20.5. The van der Waals surface area contributed by atoms with E-state index >= 15 is 0 Å². The molecule has 202 valence electrons. The van der Waals surface area contributed by atoms with Gasteiger partial charge in [0.15, 0.2) is 11.6 Å². The van der Waals surface area contributed by atoms with Crippen LogP contribution in [0.3, 0.4) is 0 Å². The SMILES string of the molecule is CC(=O)c1cc(C#N)c(-c2ccc(C(F)(F)F)cc2)nc1C(F)F.CC(=O)c1cc(C#N)c(Cl)nc1C(F)F. The average molecular weight is 571 g/mol. The second-order valence-electron chi connectivity index (χ2n) is 7.59. The molecule has 2 heterocycles. The fraction of sp³-hybridized carbons (Fsp3) is 0.200. The predicted molar refractivity (Wildman–Crippen MR) is 123 cm³/mol. The van der Waals surface area contributed by atoms with Crippen molar-refractivity contribution in [2.24, 2.45) is 0 Å². The molecule has 0 atom stereocenters. The number of carbonyl (C=O) groups excluding carboxylic acids is 2. The summed E-state index contributed by atoms with van der Waals surface area (Å²) < 4.78 is 88.8. The molecule has 3 aromatic rings. The molecule has 0 aliphatic carbocycles. The van der Waals surface area contributed by atoms with Crippen molar-refractivity contribution < 1.29 is 40.3 Å². The van der Waals surface area contributed by atoms with Crippen molar-refractivity contribution in [3.63, 3.8) is 0 Å². The van der Waals surface area contributed by atoms with Crippen LogP contribution in [-0.2, 0) is 6.18 Å². The Balaban J connectivity index is 0.000000306. The Labute approximate surface area is 221 Å². The van der Waals surface area contributed by atoms with E-state index in [-0.39, 0.29) is 33.1 Å². The third-order valence-corrected chi connectivity index (χ3v) is 5.24. The number of aromatic nitrogens is 2. The summed E-state index contributed by atoms with van der Waals surface area (Å²) in [6.45, 7) is 2.18. The van der Waals surface area contributed by atoms with Gasteiger partial charge in [-0.15, -0.1) is 0 Å². The van der Waals surface area contributed by atoms with E-state index in [9.17, 15) is 40.3 Å². The Bertz CT molecular complexity index is 1490. The second-order valence-corrected chi connectivity index (χ2v) is 7.95. The zero-order valence-electron chi connectivity index (χ0n) is 19.7. The smallest absolute Gasteiger partial charge is 0.294 e. The molecule has 3 rings (SSSR count). The number of carbonyl (C=O) groups is 2. The maximum absolute atomic E-state index is 13.1. The molecule has 0 amide bonds. The summed E-state index contributed by atoms with van der Waals surface area (Å²) in [6.07, 6.45) is -10.5. The fourth-order valence-electron chi connectivity index (χ4n) is 3.13. The molecule has 14 heteroatoms. The number of hydrogen-bond acceptors (Lipinski definition) is 6. The summed E-state index contributed by atoms with van der Waals surface area (Å²) in [5, 5.41) is 17.4. The highest BCUT2D eigenvalue weighted by Crippen LogP contribution is 2.33. The number of Topliss-reactive ketones (excluding diaryl/α,β-unsaturated/α-hetero) is 2. The maximum atomic E-state index is 13.1. The van der Waals surface area contributed by atoms with Gasteiger partial charge in [0.2, 0.25) is 0 Å². The van der Waals surface area contributed by atoms with E-state index in [0.29, 0.717) is 0 Å². The number of benzene rings is 1. The monoisotopic (exact) mass is 570 g/mol. The van der Waals surface area contributed by atoms with E-state index < -0.39 is 53.1 Å². The van der Waals surface area contributed by atoms with E-state index in [4.69, 9.17) is 22.1 Å². The Morgan fingerprint density at radius 3 is 1.64 bits per heavy atom. The quantitative estimate of drug-likeness (QED) is 0.178. The van der Waals surface area contributed by atoms with Gasteiger partial charge in [-0.3, -0.25) is 9.59 Å². The molecule has 6 nitrogen and oxygen atoms in total. The summed E-state index contributed by atoms with van der Waals surface area (Å²) in [6, 6.07) is 8.99. The van der Waals surface area contributed by atoms with Crippen LogP contribution in [0.2, 0.25) is 5.15 Å². The third kappa shape index (κ3) is 7.36. The minimum Gasteiger partial charge on any atom is -0.294 e. The highest BCUT2D eigenvalue weighted by Gasteiger charge is 2.30. The molecule has 2 aromatic heterocycles. The zero-order chi connectivity index (χ0) is 29.7. The van der Waals surface area contributed by atoms with Gasteiger partial charge in [0.25, 0.3) is 12.9 Å². The van der Waals surface area contributed by atoms with Gasteiger partial charge in [0, 0.05) is 16.7 Å². The first-order valence-corrected chi connectivity index (χ1v) is 10.8. The molecule has 0 fully saturated rings. The number of hydrogen-bond donors (Lipinski definition) is 0. The lowest BCUT2D eigenvalue weighted by Crippen LogP contribution is -2.07. The van der Waals surface area contributed by atoms with Gasteiger partial charge in [-0.2, -0.15) is 23.7 Å². The number of nitriles is 2. The molecule has 0 aliphatic rings. The Hall–Kier alpha value is -4.36. The average Bonchev–Trinajstić information content (AvgIpc) is 2.87. The van der Waals surface area contributed by atoms with Crippen molar-refractivity contribution >= 4 is 23.2 Å². The molecule has 0 aliphatic heterocycles. The van der Waals surface area contributed by atoms with Gasteiger partial charge in [-0.05, 0) is 38.1 Å². The molecule has 0 saturated carbocycles. The molecule has 0 radical (unpaired) electrons. The van der Waals surface area contributed by atoms with Gasteiger partial charge in [-0.25, -0.2) is 27.5 Å². The maximum Gasteiger partial charge on any atom is 0.416 e. The summed E-state index contributed by atoms with van der Waals surface area (Å²) in [7, 11) is 0. The topological polar surface area (TPSA) is 107 Å². The highest BCUT2D eigenvalue weighted by molar-refractivity contribution is 6.30. The number of ketones is 2. The number of rotatable bonds is 5.